The topological polar surface area (TPSA) is 37.3 Å². The van der Waals surface area contributed by atoms with Gasteiger partial charge in [0, 0.05) is 24.1 Å². The van der Waals surface area contributed by atoms with E-state index in [0.717, 1.165) is 31.0 Å². The molecule has 0 radical (unpaired) electrons. The van der Waals surface area contributed by atoms with Crippen LogP contribution in [0.4, 0.5) is 0 Å². The van der Waals surface area contributed by atoms with Crippen molar-refractivity contribution in [1.29, 1.82) is 0 Å². The highest BCUT2D eigenvalue weighted by Gasteiger charge is 2.07. The van der Waals surface area contributed by atoms with E-state index in [9.17, 15) is 4.79 Å². The van der Waals surface area contributed by atoms with Crippen LogP contribution < -0.4 is 0 Å². The first-order chi connectivity index (χ1) is 9.70. The van der Waals surface area contributed by atoms with Crippen LogP contribution in [0.2, 0.25) is 0 Å². The fourth-order valence-corrected chi connectivity index (χ4v) is 2.50. The zero-order valence-electron chi connectivity index (χ0n) is 12.8. The minimum Gasteiger partial charge on any atom is -0.481 e. The molecule has 0 bridgehead atoms. The van der Waals surface area contributed by atoms with E-state index in [-0.39, 0.29) is 12.3 Å². The number of carboxylic acid groups (broad SMARTS) is 1. The van der Waals surface area contributed by atoms with E-state index in [4.69, 9.17) is 5.11 Å². The average Bonchev–Trinajstić information content (AvgIpc) is 2.43. The summed E-state index contributed by atoms with van der Waals surface area (Å²) >= 11 is 3.43. The molecule has 3 heteroatoms. The van der Waals surface area contributed by atoms with Gasteiger partial charge in [0.1, 0.15) is 0 Å². The summed E-state index contributed by atoms with van der Waals surface area (Å²) in [6, 6.07) is 0. The van der Waals surface area contributed by atoms with Gasteiger partial charge in [-0.1, -0.05) is 60.9 Å². The van der Waals surface area contributed by atoms with Crippen LogP contribution in [0.3, 0.4) is 0 Å². The SMILES string of the molecule is CCCCCCCC#CC(CCCCBr)CCC(=O)O. The molecule has 0 aromatic heterocycles. The third-order valence-electron chi connectivity index (χ3n) is 3.35. The molecule has 1 unspecified atom stereocenters. The summed E-state index contributed by atoms with van der Waals surface area (Å²) in [5, 5.41) is 9.79. The number of rotatable bonds is 12. The molecular formula is C17H29BrO2. The van der Waals surface area contributed by atoms with E-state index < -0.39 is 5.97 Å². The van der Waals surface area contributed by atoms with Gasteiger partial charge < -0.3 is 5.11 Å². The second-order valence-corrected chi connectivity index (χ2v) is 6.09. The summed E-state index contributed by atoms with van der Waals surface area (Å²) in [7, 11) is 0. The third kappa shape index (κ3) is 13.9. The number of unbranched alkanes of at least 4 members (excludes halogenated alkanes) is 6. The molecule has 1 atom stereocenters. The summed E-state index contributed by atoms with van der Waals surface area (Å²) in [5.41, 5.74) is 0. The fourth-order valence-electron chi connectivity index (χ4n) is 2.11. The Morgan fingerprint density at radius 2 is 1.85 bits per heavy atom. The van der Waals surface area contributed by atoms with E-state index in [1.807, 2.05) is 0 Å². The molecular weight excluding hydrogens is 316 g/mol. The van der Waals surface area contributed by atoms with Gasteiger partial charge in [0.2, 0.25) is 0 Å². The quantitative estimate of drug-likeness (QED) is 0.292. The van der Waals surface area contributed by atoms with Crippen LogP contribution >= 0.6 is 15.9 Å². The van der Waals surface area contributed by atoms with Gasteiger partial charge in [-0.05, 0) is 25.7 Å². The largest absolute Gasteiger partial charge is 0.481 e. The Hall–Kier alpha value is -0.490. The smallest absolute Gasteiger partial charge is 0.303 e. The van der Waals surface area contributed by atoms with Gasteiger partial charge in [-0.25, -0.2) is 0 Å². The highest BCUT2D eigenvalue weighted by atomic mass is 79.9. The molecule has 2 nitrogen and oxygen atoms in total. The molecule has 0 rings (SSSR count). The van der Waals surface area contributed by atoms with Crippen molar-refractivity contribution < 1.29 is 9.90 Å². The van der Waals surface area contributed by atoms with Crippen molar-refractivity contribution in [3.63, 3.8) is 0 Å². The van der Waals surface area contributed by atoms with Crippen molar-refractivity contribution >= 4 is 21.9 Å². The number of hydrogen-bond acceptors (Lipinski definition) is 1. The molecule has 0 saturated carbocycles. The molecule has 0 aromatic carbocycles. The Morgan fingerprint density at radius 3 is 2.50 bits per heavy atom. The minimum atomic E-state index is -0.711. The average molecular weight is 345 g/mol. The van der Waals surface area contributed by atoms with Crippen LogP contribution in [0.1, 0.15) is 77.6 Å². The lowest BCUT2D eigenvalue weighted by Crippen LogP contribution is -2.03. The Morgan fingerprint density at radius 1 is 1.10 bits per heavy atom. The first-order valence-electron chi connectivity index (χ1n) is 7.96. The summed E-state index contributed by atoms with van der Waals surface area (Å²) in [6.07, 6.45) is 11.6. The van der Waals surface area contributed by atoms with E-state index in [1.54, 1.807) is 0 Å². The number of carbonyl (C=O) groups is 1. The van der Waals surface area contributed by atoms with E-state index in [0.29, 0.717) is 6.42 Å². The summed E-state index contributed by atoms with van der Waals surface area (Å²) in [5.74, 6) is 6.11. The van der Waals surface area contributed by atoms with E-state index >= 15 is 0 Å². The van der Waals surface area contributed by atoms with Crippen molar-refractivity contribution in [2.75, 3.05) is 5.33 Å². The van der Waals surface area contributed by atoms with Crippen LogP contribution in [0.5, 0.6) is 0 Å². The zero-order valence-corrected chi connectivity index (χ0v) is 14.4. The Kier molecular flexibility index (Phi) is 14.5. The zero-order chi connectivity index (χ0) is 15.1. The monoisotopic (exact) mass is 344 g/mol. The highest BCUT2D eigenvalue weighted by Crippen LogP contribution is 2.15. The van der Waals surface area contributed by atoms with Crippen LogP contribution in [0.15, 0.2) is 0 Å². The van der Waals surface area contributed by atoms with Crippen LogP contribution in [-0.2, 0) is 4.79 Å². The van der Waals surface area contributed by atoms with Crippen molar-refractivity contribution in [1.82, 2.24) is 0 Å². The van der Waals surface area contributed by atoms with Crippen molar-refractivity contribution in [2.24, 2.45) is 5.92 Å². The third-order valence-corrected chi connectivity index (χ3v) is 3.92. The van der Waals surface area contributed by atoms with Gasteiger partial charge in [0.25, 0.3) is 0 Å². The predicted molar refractivity (Wildman–Crippen MR) is 89.2 cm³/mol. The molecule has 20 heavy (non-hydrogen) atoms. The van der Waals surface area contributed by atoms with Gasteiger partial charge in [-0.15, -0.1) is 5.92 Å². The molecule has 0 aromatic rings. The van der Waals surface area contributed by atoms with E-state index in [1.165, 1.54) is 32.1 Å². The van der Waals surface area contributed by atoms with Crippen molar-refractivity contribution in [2.45, 2.75) is 77.6 Å². The molecule has 0 heterocycles. The molecule has 0 amide bonds. The van der Waals surface area contributed by atoms with Gasteiger partial charge >= 0.3 is 5.97 Å². The second-order valence-electron chi connectivity index (χ2n) is 5.30. The molecule has 0 aliphatic rings. The molecule has 0 aliphatic heterocycles. The standard InChI is InChI=1S/C17H29BrO2/c1-2-3-4-5-6-7-8-11-16(12-9-10-15-18)13-14-17(19)20/h16H,2-7,9-10,12-15H2,1H3,(H,19,20). The minimum absolute atomic E-state index is 0.240. The van der Waals surface area contributed by atoms with Crippen molar-refractivity contribution in [3.8, 4) is 11.8 Å². The fraction of sp³-hybridized carbons (Fsp3) is 0.824. The molecule has 1 N–H and O–H groups in total. The highest BCUT2D eigenvalue weighted by molar-refractivity contribution is 9.09. The molecule has 116 valence electrons. The van der Waals surface area contributed by atoms with Gasteiger partial charge in [-0.3, -0.25) is 4.79 Å². The summed E-state index contributed by atoms with van der Waals surface area (Å²) < 4.78 is 0. The Bertz CT molecular complexity index is 291. The molecule has 0 spiro atoms. The van der Waals surface area contributed by atoms with Gasteiger partial charge in [0.05, 0.1) is 0 Å². The van der Waals surface area contributed by atoms with Crippen LogP contribution in [0, 0.1) is 17.8 Å². The lowest BCUT2D eigenvalue weighted by Gasteiger charge is -2.08. The number of carboxylic acids is 1. The van der Waals surface area contributed by atoms with Crippen molar-refractivity contribution in [3.05, 3.63) is 0 Å². The lowest BCUT2D eigenvalue weighted by molar-refractivity contribution is -0.137. The first-order valence-corrected chi connectivity index (χ1v) is 9.09. The number of aliphatic carboxylic acids is 1. The normalized spacial score (nSPS) is 11.7. The van der Waals surface area contributed by atoms with Crippen LogP contribution in [0.25, 0.3) is 0 Å². The van der Waals surface area contributed by atoms with Gasteiger partial charge in [0.15, 0.2) is 0 Å². The summed E-state index contributed by atoms with van der Waals surface area (Å²) in [4.78, 5) is 10.7. The van der Waals surface area contributed by atoms with Crippen LogP contribution in [-0.4, -0.2) is 16.4 Å². The number of halogens is 1. The second kappa shape index (κ2) is 14.9. The van der Waals surface area contributed by atoms with E-state index in [2.05, 4.69) is 34.7 Å². The molecule has 0 saturated heterocycles. The maximum Gasteiger partial charge on any atom is 0.303 e. The predicted octanol–water partition coefficient (Wildman–Crippen LogP) is 5.40. The molecule has 0 aliphatic carbocycles. The summed E-state index contributed by atoms with van der Waals surface area (Å²) in [6.45, 7) is 2.22. The first kappa shape index (κ1) is 19.5. The Balaban J connectivity index is 3.90. The molecule has 0 fully saturated rings. The van der Waals surface area contributed by atoms with Gasteiger partial charge in [-0.2, -0.15) is 0 Å². The number of alkyl halides is 1. The maximum absolute atomic E-state index is 10.7. The lowest BCUT2D eigenvalue weighted by atomic mass is 9.97. The number of hydrogen-bond donors (Lipinski definition) is 1. The Labute approximate surface area is 132 Å². The maximum atomic E-state index is 10.7.